The molecule has 0 aliphatic carbocycles. The number of benzene rings is 3. The lowest BCUT2D eigenvalue weighted by Crippen LogP contribution is -2.40. The summed E-state index contributed by atoms with van der Waals surface area (Å²) in [4.78, 5) is 38.1. The maximum atomic E-state index is 12.8. The first kappa shape index (κ1) is 19.6. The molecule has 1 fully saturated rings. The fraction of sp³-hybridized carbons (Fsp3) is 0.160. The molecule has 1 heterocycles. The minimum Gasteiger partial charge on any atom is -0.465 e. The summed E-state index contributed by atoms with van der Waals surface area (Å²) < 4.78 is 0. The molecule has 0 aromatic heterocycles. The van der Waals surface area contributed by atoms with Crippen LogP contribution in [0, 0.1) is 5.92 Å². The highest BCUT2D eigenvalue weighted by Gasteiger charge is 2.46. The highest BCUT2D eigenvalue weighted by Crippen LogP contribution is 2.30. The number of carbonyl (C=O) groups excluding carboxylic acids is 2. The van der Waals surface area contributed by atoms with Crippen LogP contribution in [-0.4, -0.2) is 33.8 Å². The minimum atomic E-state index is -1.31. The quantitative estimate of drug-likeness (QED) is 0.500. The Balaban J connectivity index is 1.53. The van der Waals surface area contributed by atoms with E-state index in [1.165, 1.54) is 0 Å². The highest BCUT2D eigenvalue weighted by molar-refractivity contribution is 6.13. The maximum absolute atomic E-state index is 12.8. The van der Waals surface area contributed by atoms with Crippen molar-refractivity contribution >= 4 is 17.8 Å². The van der Waals surface area contributed by atoms with Crippen LogP contribution in [0.25, 0.3) is 11.1 Å². The molecule has 5 heteroatoms. The number of hydrogen-bond donors (Lipinski definition) is 1. The van der Waals surface area contributed by atoms with Gasteiger partial charge in [0.05, 0.1) is 0 Å². The molecule has 2 atom stereocenters. The van der Waals surface area contributed by atoms with Gasteiger partial charge in [-0.3, -0.25) is 9.59 Å². The Morgan fingerprint density at radius 1 is 0.833 bits per heavy atom. The monoisotopic (exact) mass is 399 g/mol. The highest BCUT2D eigenvalue weighted by atomic mass is 16.4. The molecule has 1 N–H and O–H groups in total. The number of rotatable bonds is 5. The molecular formula is C25H21NO4. The second-order valence-electron chi connectivity index (χ2n) is 7.43. The first-order chi connectivity index (χ1) is 14.5. The van der Waals surface area contributed by atoms with Crippen molar-refractivity contribution in [2.24, 2.45) is 5.92 Å². The second kappa shape index (κ2) is 8.33. The molecule has 0 bridgehead atoms. The summed E-state index contributed by atoms with van der Waals surface area (Å²) in [5.41, 5.74) is 3.51. The first-order valence-corrected chi connectivity index (χ1v) is 9.84. The van der Waals surface area contributed by atoms with Crippen molar-refractivity contribution in [3.8, 4) is 11.1 Å². The molecule has 0 saturated carbocycles. The van der Waals surface area contributed by atoms with Gasteiger partial charge in [-0.05, 0) is 29.5 Å². The Kier molecular flexibility index (Phi) is 5.44. The third-order valence-electron chi connectivity index (χ3n) is 5.52. The molecule has 3 aromatic carbocycles. The number of likely N-dealkylation sites (tertiary alicyclic amines) is 1. The molecule has 0 spiro atoms. The van der Waals surface area contributed by atoms with Gasteiger partial charge in [-0.25, -0.2) is 9.69 Å². The van der Waals surface area contributed by atoms with Crippen LogP contribution in [0.2, 0.25) is 0 Å². The Hall–Kier alpha value is -3.73. The van der Waals surface area contributed by atoms with Crippen molar-refractivity contribution in [3.05, 3.63) is 96.1 Å². The van der Waals surface area contributed by atoms with Gasteiger partial charge in [0, 0.05) is 11.6 Å². The SMILES string of the molecule is O=C(c1ccccc1)C1CC(Cc2ccc(-c3ccccc3)cc2)N(C(=O)O)C1=O. The molecule has 0 radical (unpaired) electrons. The Labute approximate surface area is 174 Å². The van der Waals surface area contributed by atoms with Crippen LogP contribution in [0.4, 0.5) is 4.79 Å². The lowest BCUT2D eigenvalue weighted by atomic mass is 9.92. The van der Waals surface area contributed by atoms with Gasteiger partial charge in [-0.1, -0.05) is 84.9 Å². The van der Waals surface area contributed by atoms with Crippen molar-refractivity contribution in [2.75, 3.05) is 0 Å². The number of carboxylic acid groups (broad SMARTS) is 1. The van der Waals surface area contributed by atoms with E-state index < -0.39 is 24.0 Å². The van der Waals surface area contributed by atoms with Gasteiger partial charge in [0.15, 0.2) is 5.78 Å². The van der Waals surface area contributed by atoms with Gasteiger partial charge in [0.1, 0.15) is 5.92 Å². The summed E-state index contributed by atoms with van der Waals surface area (Å²) in [6, 6.07) is 25.8. The smallest absolute Gasteiger partial charge is 0.414 e. The second-order valence-corrected chi connectivity index (χ2v) is 7.43. The van der Waals surface area contributed by atoms with Crippen LogP contribution in [-0.2, 0) is 11.2 Å². The zero-order valence-corrected chi connectivity index (χ0v) is 16.3. The van der Waals surface area contributed by atoms with Crippen molar-refractivity contribution < 1.29 is 19.5 Å². The fourth-order valence-electron chi connectivity index (χ4n) is 4.01. The van der Waals surface area contributed by atoms with Crippen molar-refractivity contribution in [1.29, 1.82) is 0 Å². The zero-order valence-electron chi connectivity index (χ0n) is 16.3. The molecule has 4 rings (SSSR count). The topological polar surface area (TPSA) is 74.7 Å². The molecule has 1 saturated heterocycles. The van der Waals surface area contributed by atoms with E-state index in [0.717, 1.165) is 21.6 Å². The summed E-state index contributed by atoms with van der Waals surface area (Å²) >= 11 is 0. The summed E-state index contributed by atoms with van der Waals surface area (Å²) in [5.74, 6) is -1.92. The molecule has 1 aliphatic rings. The number of nitrogens with zero attached hydrogens (tertiary/aromatic N) is 1. The molecule has 1 aliphatic heterocycles. The third kappa shape index (κ3) is 3.87. The third-order valence-corrected chi connectivity index (χ3v) is 5.52. The Morgan fingerprint density at radius 2 is 1.40 bits per heavy atom. The van der Waals surface area contributed by atoms with Crippen LogP contribution in [0.5, 0.6) is 0 Å². The molecule has 2 unspecified atom stereocenters. The molecule has 5 nitrogen and oxygen atoms in total. The molecule has 3 aromatic rings. The first-order valence-electron chi connectivity index (χ1n) is 9.84. The largest absolute Gasteiger partial charge is 0.465 e. The van der Waals surface area contributed by atoms with E-state index in [0.29, 0.717) is 12.0 Å². The van der Waals surface area contributed by atoms with Gasteiger partial charge >= 0.3 is 6.09 Å². The van der Waals surface area contributed by atoms with E-state index in [1.54, 1.807) is 30.3 Å². The summed E-state index contributed by atoms with van der Waals surface area (Å²) in [6.45, 7) is 0. The van der Waals surface area contributed by atoms with Crippen LogP contribution >= 0.6 is 0 Å². The van der Waals surface area contributed by atoms with Crippen molar-refractivity contribution in [3.63, 3.8) is 0 Å². The van der Waals surface area contributed by atoms with Crippen molar-refractivity contribution in [2.45, 2.75) is 18.9 Å². The van der Waals surface area contributed by atoms with Crippen LogP contribution < -0.4 is 0 Å². The van der Waals surface area contributed by atoms with Crippen LogP contribution in [0.1, 0.15) is 22.3 Å². The lowest BCUT2D eigenvalue weighted by Gasteiger charge is -2.19. The van der Waals surface area contributed by atoms with Gasteiger partial charge in [0.2, 0.25) is 5.91 Å². The average Bonchev–Trinajstić information content (AvgIpc) is 3.11. The van der Waals surface area contributed by atoms with Gasteiger partial charge in [-0.15, -0.1) is 0 Å². The predicted molar refractivity (Wildman–Crippen MR) is 113 cm³/mol. The Bertz CT molecular complexity index is 1060. The number of imide groups is 1. The molecular weight excluding hydrogens is 378 g/mol. The van der Waals surface area contributed by atoms with E-state index in [-0.39, 0.29) is 12.2 Å². The Morgan fingerprint density at radius 3 is 2.00 bits per heavy atom. The van der Waals surface area contributed by atoms with Gasteiger partial charge < -0.3 is 5.11 Å². The van der Waals surface area contributed by atoms with E-state index in [1.807, 2.05) is 54.6 Å². The van der Waals surface area contributed by atoms with Crippen LogP contribution in [0.3, 0.4) is 0 Å². The minimum absolute atomic E-state index is 0.194. The summed E-state index contributed by atoms with van der Waals surface area (Å²) in [5, 5.41) is 9.59. The van der Waals surface area contributed by atoms with Crippen LogP contribution in [0.15, 0.2) is 84.9 Å². The molecule has 2 amide bonds. The normalized spacial score (nSPS) is 18.4. The zero-order chi connectivity index (χ0) is 21.1. The number of carbonyl (C=O) groups is 3. The maximum Gasteiger partial charge on any atom is 0.414 e. The summed E-state index contributed by atoms with van der Waals surface area (Å²) in [6.07, 6.45) is -0.736. The molecule has 30 heavy (non-hydrogen) atoms. The van der Waals surface area contributed by atoms with E-state index in [2.05, 4.69) is 0 Å². The number of Topliss-reactive ketones (excluding diaryl/α,β-unsaturated/α-hetero) is 1. The van der Waals surface area contributed by atoms with Gasteiger partial charge in [-0.2, -0.15) is 0 Å². The number of ketones is 1. The standard InChI is InChI=1S/C25H21NO4/c27-23(20-9-5-2-6-10-20)22-16-21(26(24(22)28)25(29)30)15-17-11-13-19(14-12-17)18-7-3-1-4-8-18/h1-14,21-22H,15-16H2,(H,29,30). The van der Waals surface area contributed by atoms with Gasteiger partial charge in [0.25, 0.3) is 0 Å². The lowest BCUT2D eigenvalue weighted by molar-refractivity contribution is -0.128. The van der Waals surface area contributed by atoms with Crippen molar-refractivity contribution in [1.82, 2.24) is 4.90 Å². The number of amides is 2. The van der Waals surface area contributed by atoms with E-state index >= 15 is 0 Å². The van der Waals surface area contributed by atoms with E-state index in [4.69, 9.17) is 0 Å². The predicted octanol–water partition coefficient (Wildman–Crippen LogP) is 4.67. The number of hydrogen-bond acceptors (Lipinski definition) is 3. The fourth-order valence-corrected chi connectivity index (χ4v) is 4.01. The van der Waals surface area contributed by atoms with E-state index in [9.17, 15) is 19.5 Å². The average molecular weight is 399 g/mol. The summed E-state index contributed by atoms with van der Waals surface area (Å²) in [7, 11) is 0. The molecule has 150 valence electrons.